The minimum absolute atomic E-state index is 0.0408. The molecule has 0 aromatic carbocycles. The van der Waals surface area contributed by atoms with Crippen molar-refractivity contribution >= 4 is 25.7 Å². The molecule has 0 fully saturated rings. The Morgan fingerprint density at radius 1 is 0.453 bits per heavy atom. The fraction of sp³-hybridized carbons (Fsp3) is 0.673. The Morgan fingerprint density at radius 2 is 0.875 bits per heavy atom. The first kappa shape index (κ1) is 60.7. The van der Waals surface area contributed by atoms with E-state index < -0.39 is 57.8 Å². The SMILES string of the molecule is CC/C=C\C/C=C\C/C=C\C/C=C\CCC(=O)OC(COC(=O)CCCCCCC/C=C\CCCC)COP(=O)(O)OCC(CO)OC(=O)CCCCCCC/C=C\C/C=C\CCC. The number of hydrogen-bond acceptors (Lipinski definition) is 10. The van der Waals surface area contributed by atoms with Gasteiger partial charge in [0, 0.05) is 19.3 Å². The number of phosphoric acid groups is 1. The number of rotatable bonds is 44. The van der Waals surface area contributed by atoms with E-state index in [-0.39, 0.29) is 25.9 Å². The summed E-state index contributed by atoms with van der Waals surface area (Å²) in [6, 6.07) is 0. The maximum Gasteiger partial charge on any atom is 0.472 e. The number of unbranched alkanes of at least 4 members (excludes halogenated alkanes) is 13. The Morgan fingerprint density at radius 3 is 1.42 bits per heavy atom. The van der Waals surface area contributed by atoms with Crippen LogP contribution in [-0.2, 0) is 42.2 Å². The molecular weight excluding hydrogens is 832 g/mol. The van der Waals surface area contributed by atoms with E-state index in [9.17, 15) is 28.9 Å². The summed E-state index contributed by atoms with van der Waals surface area (Å²) in [5.41, 5.74) is 0. The molecule has 0 aliphatic heterocycles. The fourth-order valence-corrected chi connectivity index (χ4v) is 6.82. The van der Waals surface area contributed by atoms with E-state index in [1.807, 2.05) is 12.2 Å². The molecule has 0 amide bonds. The molecule has 64 heavy (non-hydrogen) atoms. The number of allylic oxidation sites excluding steroid dienone is 14. The monoisotopic (exact) mass is 919 g/mol. The minimum Gasteiger partial charge on any atom is -0.462 e. The molecule has 0 aliphatic carbocycles. The van der Waals surface area contributed by atoms with Crippen LogP contribution in [-0.4, -0.2) is 66.5 Å². The second kappa shape index (κ2) is 46.2. The second-order valence-electron chi connectivity index (χ2n) is 15.9. The first-order chi connectivity index (χ1) is 31.2. The van der Waals surface area contributed by atoms with Gasteiger partial charge in [0.25, 0.3) is 0 Å². The van der Waals surface area contributed by atoms with Gasteiger partial charge in [-0.25, -0.2) is 4.57 Å². The average Bonchev–Trinajstić information content (AvgIpc) is 3.28. The van der Waals surface area contributed by atoms with Gasteiger partial charge in [-0.3, -0.25) is 23.4 Å². The Labute approximate surface area is 388 Å². The topological polar surface area (TPSA) is 155 Å². The van der Waals surface area contributed by atoms with Crippen LogP contribution in [0.4, 0.5) is 0 Å². The van der Waals surface area contributed by atoms with E-state index >= 15 is 0 Å². The standard InChI is InChI=1S/C52H87O11P/c1-4-7-10-13-16-19-22-24-27-30-33-36-39-42-51(55)62-48(44-53)46-60-64(57,58)61-47-49(45-59-50(54)41-38-35-32-29-26-21-18-15-12-9-6-3)63-52(56)43-40-37-34-31-28-25-23-20-17-14-11-8-5-2/h8,10-11,13,15,17-20,22,25,28,34,37,48-49,53H,4-7,9,12,14,16,21,23-24,26-27,29-33,35-36,38-47H2,1-3H3,(H,57,58)/b11-8-,13-10-,18-15-,20-17-,22-19-,28-25-,37-34-. The summed E-state index contributed by atoms with van der Waals surface area (Å²) < 4.78 is 39.1. The van der Waals surface area contributed by atoms with Gasteiger partial charge in [0.05, 0.1) is 19.8 Å². The molecule has 3 unspecified atom stereocenters. The molecule has 0 saturated carbocycles. The maximum absolute atomic E-state index is 12.8. The highest BCUT2D eigenvalue weighted by Gasteiger charge is 2.28. The van der Waals surface area contributed by atoms with Crippen LogP contribution in [0.25, 0.3) is 0 Å². The van der Waals surface area contributed by atoms with Crippen LogP contribution in [0.2, 0.25) is 0 Å². The zero-order valence-corrected chi connectivity index (χ0v) is 40.9. The van der Waals surface area contributed by atoms with Gasteiger partial charge in [-0.2, -0.15) is 0 Å². The summed E-state index contributed by atoms with van der Waals surface area (Å²) in [5, 5.41) is 9.75. The lowest BCUT2D eigenvalue weighted by Gasteiger charge is -2.21. The molecule has 366 valence electrons. The van der Waals surface area contributed by atoms with E-state index in [1.54, 1.807) is 0 Å². The van der Waals surface area contributed by atoms with Crippen molar-refractivity contribution in [2.45, 2.75) is 200 Å². The lowest BCUT2D eigenvalue weighted by molar-refractivity contribution is -0.161. The highest BCUT2D eigenvalue weighted by molar-refractivity contribution is 7.47. The van der Waals surface area contributed by atoms with Gasteiger partial charge in [0.1, 0.15) is 12.7 Å². The van der Waals surface area contributed by atoms with Gasteiger partial charge < -0.3 is 24.2 Å². The van der Waals surface area contributed by atoms with Crippen molar-refractivity contribution in [2.75, 3.05) is 26.4 Å². The van der Waals surface area contributed by atoms with Crippen LogP contribution >= 0.6 is 7.82 Å². The molecule has 2 N–H and O–H groups in total. The Balaban J connectivity index is 4.85. The zero-order valence-electron chi connectivity index (χ0n) is 40.0. The quantitative estimate of drug-likeness (QED) is 0.0197. The van der Waals surface area contributed by atoms with E-state index in [1.165, 1.54) is 12.8 Å². The van der Waals surface area contributed by atoms with Crippen molar-refractivity contribution in [3.05, 3.63) is 85.1 Å². The summed E-state index contributed by atoms with van der Waals surface area (Å²) in [7, 11) is -4.76. The van der Waals surface area contributed by atoms with Crippen molar-refractivity contribution in [3.8, 4) is 0 Å². The molecule has 0 spiro atoms. The van der Waals surface area contributed by atoms with Gasteiger partial charge in [-0.05, 0) is 89.9 Å². The van der Waals surface area contributed by atoms with Crippen LogP contribution in [0.3, 0.4) is 0 Å². The van der Waals surface area contributed by atoms with Crippen LogP contribution in [0.1, 0.15) is 188 Å². The summed E-state index contributed by atoms with van der Waals surface area (Å²) >= 11 is 0. The normalized spacial score (nSPS) is 14.3. The summed E-state index contributed by atoms with van der Waals surface area (Å²) in [6.45, 7) is 4.27. The molecule has 12 heteroatoms. The number of aliphatic hydroxyl groups excluding tert-OH is 1. The molecule has 0 aromatic rings. The number of carbonyl (C=O) groups excluding carboxylic acids is 3. The number of ether oxygens (including phenoxy) is 3. The van der Waals surface area contributed by atoms with Crippen LogP contribution in [0.15, 0.2) is 85.1 Å². The lowest BCUT2D eigenvalue weighted by atomic mass is 10.1. The predicted octanol–water partition coefficient (Wildman–Crippen LogP) is 13.6. The van der Waals surface area contributed by atoms with Crippen LogP contribution < -0.4 is 0 Å². The minimum atomic E-state index is -4.76. The first-order valence-corrected chi connectivity index (χ1v) is 26.0. The second-order valence-corrected chi connectivity index (χ2v) is 17.3. The van der Waals surface area contributed by atoms with Crippen LogP contribution in [0.5, 0.6) is 0 Å². The third-order valence-electron chi connectivity index (χ3n) is 9.77. The Hall–Kier alpha value is -3.34. The van der Waals surface area contributed by atoms with E-state index in [4.69, 9.17) is 23.3 Å². The highest BCUT2D eigenvalue weighted by atomic mass is 31.2. The smallest absolute Gasteiger partial charge is 0.462 e. The van der Waals surface area contributed by atoms with Crippen molar-refractivity contribution in [1.29, 1.82) is 0 Å². The van der Waals surface area contributed by atoms with Crippen molar-refractivity contribution in [3.63, 3.8) is 0 Å². The fourth-order valence-electron chi connectivity index (χ4n) is 6.03. The van der Waals surface area contributed by atoms with Gasteiger partial charge >= 0.3 is 25.7 Å². The number of esters is 3. The number of phosphoric ester groups is 1. The molecule has 3 atom stereocenters. The summed E-state index contributed by atoms with van der Waals surface area (Å²) in [4.78, 5) is 48.1. The van der Waals surface area contributed by atoms with E-state index in [0.717, 1.165) is 116 Å². The first-order valence-electron chi connectivity index (χ1n) is 24.5. The molecule has 0 aromatic heterocycles. The molecule has 0 radical (unpaired) electrons. The third kappa shape index (κ3) is 43.9. The largest absolute Gasteiger partial charge is 0.472 e. The van der Waals surface area contributed by atoms with Crippen LogP contribution in [0, 0.1) is 0 Å². The molecule has 0 bridgehead atoms. The molecule has 11 nitrogen and oxygen atoms in total. The number of aliphatic hydroxyl groups is 1. The highest BCUT2D eigenvalue weighted by Crippen LogP contribution is 2.43. The molecule has 0 aliphatic rings. The molecular formula is C52H87O11P. The molecule has 0 rings (SSSR count). The van der Waals surface area contributed by atoms with E-state index in [2.05, 4.69) is 93.7 Å². The average molecular weight is 919 g/mol. The summed E-state index contributed by atoms with van der Waals surface area (Å²) in [5.74, 6) is -1.60. The van der Waals surface area contributed by atoms with Gasteiger partial charge in [0.2, 0.25) is 0 Å². The number of hydrogen-bond donors (Lipinski definition) is 2. The van der Waals surface area contributed by atoms with Gasteiger partial charge in [-0.1, -0.05) is 164 Å². The lowest BCUT2D eigenvalue weighted by Crippen LogP contribution is -2.30. The zero-order chi connectivity index (χ0) is 47.0. The third-order valence-corrected chi connectivity index (χ3v) is 10.7. The number of carbonyl (C=O) groups is 3. The van der Waals surface area contributed by atoms with Crippen molar-refractivity contribution < 1.29 is 52.2 Å². The Kier molecular flexibility index (Phi) is 43.8. The predicted molar refractivity (Wildman–Crippen MR) is 261 cm³/mol. The molecule has 0 saturated heterocycles. The van der Waals surface area contributed by atoms with Gasteiger partial charge in [0.15, 0.2) is 6.10 Å². The van der Waals surface area contributed by atoms with E-state index in [0.29, 0.717) is 19.3 Å². The Bertz CT molecular complexity index is 1400. The maximum atomic E-state index is 12.8. The summed E-state index contributed by atoms with van der Waals surface area (Å²) in [6.07, 6.45) is 50.1. The molecule has 0 heterocycles. The van der Waals surface area contributed by atoms with Crippen molar-refractivity contribution in [1.82, 2.24) is 0 Å². The van der Waals surface area contributed by atoms with Crippen molar-refractivity contribution in [2.24, 2.45) is 0 Å². The van der Waals surface area contributed by atoms with Gasteiger partial charge in [-0.15, -0.1) is 0 Å².